The van der Waals surface area contributed by atoms with Crippen LogP contribution in [0.3, 0.4) is 0 Å². The van der Waals surface area contributed by atoms with Crippen LogP contribution >= 0.6 is 0 Å². The zero-order chi connectivity index (χ0) is 10.9. The Hall–Kier alpha value is -0.840. The molecule has 0 aromatic heterocycles. The van der Waals surface area contributed by atoms with Crippen molar-refractivity contribution in [3.05, 3.63) is 44.1 Å². The molecule has 0 aliphatic heterocycles. The van der Waals surface area contributed by atoms with Crippen LogP contribution < -0.4 is 21.2 Å². The maximum absolute atomic E-state index is 10.5. The topological polar surface area (TPSA) is 26.3 Å². The SMILES string of the molecule is CC(=O)OCC/C=C\[I+]c1ccccc1. The van der Waals surface area contributed by atoms with Crippen LogP contribution in [0.5, 0.6) is 0 Å². The highest BCUT2D eigenvalue weighted by Crippen LogP contribution is 1.84. The fraction of sp³-hybridized carbons (Fsp3) is 0.250. The highest BCUT2D eigenvalue weighted by Gasteiger charge is 2.04. The van der Waals surface area contributed by atoms with Gasteiger partial charge >= 0.3 is 27.2 Å². The first kappa shape index (κ1) is 12.2. The fourth-order valence-electron chi connectivity index (χ4n) is 0.938. The van der Waals surface area contributed by atoms with E-state index in [1.165, 1.54) is 10.5 Å². The number of rotatable bonds is 5. The molecule has 3 heteroatoms. The van der Waals surface area contributed by atoms with Crippen molar-refractivity contribution in [2.45, 2.75) is 13.3 Å². The standard InChI is InChI=1S/C12H14IO2/c1-11(14)15-10-6-5-9-13-12-7-3-2-4-8-12/h2-5,7-9H,6,10H2,1H3/q+1/b9-5-. The minimum atomic E-state index is -0.207. The first-order valence-corrected chi connectivity index (χ1v) is 7.08. The van der Waals surface area contributed by atoms with Crippen molar-refractivity contribution >= 4 is 5.97 Å². The largest absolute Gasteiger partial charge is 0.466 e. The summed E-state index contributed by atoms with van der Waals surface area (Å²) in [5, 5.41) is 0. The van der Waals surface area contributed by atoms with E-state index in [-0.39, 0.29) is 27.2 Å². The molecular formula is C12H14IO2+. The molecular weight excluding hydrogens is 303 g/mol. The highest BCUT2D eigenvalue weighted by atomic mass is 127. The lowest BCUT2D eigenvalue weighted by molar-refractivity contribution is -0.557. The zero-order valence-corrected chi connectivity index (χ0v) is 10.8. The van der Waals surface area contributed by atoms with E-state index in [1.54, 1.807) is 0 Å². The highest BCUT2D eigenvalue weighted by molar-refractivity contribution is 5.65. The molecule has 80 valence electrons. The molecule has 0 atom stereocenters. The summed E-state index contributed by atoms with van der Waals surface area (Å²) < 4.78 is 8.43. The van der Waals surface area contributed by atoms with E-state index in [0.29, 0.717) is 6.61 Å². The minimum Gasteiger partial charge on any atom is -0.466 e. The van der Waals surface area contributed by atoms with Gasteiger partial charge in [0, 0.05) is 13.3 Å². The van der Waals surface area contributed by atoms with Gasteiger partial charge in [0.05, 0.1) is 6.61 Å². The van der Waals surface area contributed by atoms with Crippen molar-refractivity contribution in [2.24, 2.45) is 0 Å². The monoisotopic (exact) mass is 317 g/mol. The van der Waals surface area contributed by atoms with Crippen LogP contribution in [-0.4, -0.2) is 12.6 Å². The molecule has 1 aromatic carbocycles. The quantitative estimate of drug-likeness (QED) is 0.412. The van der Waals surface area contributed by atoms with Gasteiger partial charge in [0.25, 0.3) is 0 Å². The zero-order valence-electron chi connectivity index (χ0n) is 8.65. The van der Waals surface area contributed by atoms with Crippen molar-refractivity contribution in [3.63, 3.8) is 0 Å². The maximum atomic E-state index is 10.5. The Labute approximate surface area is 101 Å². The van der Waals surface area contributed by atoms with Crippen molar-refractivity contribution in [3.8, 4) is 0 Å². The minimum absolute atomic E-state index is 0.0279. The predicted octanol–water partition coefficient (Wildman–Crippen LogP) is -0.588. The van der Waals surface area contributed by atoms with E-state index in [2.05, 4.69) is 34.4 Å². The number of carbonyl (C=O) groups excluding carboxylic acids is 1. The average Bonchev–Trinajstić information content (AvgIpc) is 2.24. The Kier molecular flexibility index (Phi) is 6.08. The van der Waals surface area contributed by atoms with Gasteiger partial charge in [-0.3, -0.25) is 4.79 Å². The van der Waals surface area contributed by atoms with Crippen molar-refractivity contribution in [2.75, 3.05) is 6.61 Å². The number of ether oxygens (including phenoxy) is 1. The van der Waals surface area contributed by atoms with E-state index in [9.17, 15) is 4.79 Å². The molecule has 0 heterocycles. The van der Waals surface area contributed by atoms with Gasteiger partial charge in [-0.25, -0.2) is 0 Å². The summed E-state index contributed by atoms with van der Waals surface area (Å²) in [6.45, 7) is 1.92. The molecule has 0 bridgehead atoms. The Bertz CT molecular complexity index is 320. The molecule has 0 unspecified atom stereocenters. The van der Waals surface area contributed by atoms with Crippen molar-refractivity contribution < 1.29 is 30.7 Å². The Morgan fingerprint density at radius 3 is 2.80 bits per heavy atom. The van der Waals surface area contributed by atoms with Crippen molar-refractivity contribution in [1.82, 2.24) is 0 Å². The third-order valence-corrected chi connectivity index (χ3v) is 3.91. The van der Waals surface area contributed by atoms with Gasteiger partial charge in [-0.2, -0.15) is 0 Å². The van der Waals surface area contributed by atoms with Gasteiger partial charge in [-0.15, -0.1) is 0 Å². The van der Waals surface area contributed by atoms with Crippen LogP contribution in [0.4, 0.5) is 0 Å². The molecule has 0 amide bonds. The van der Waals surface area contributed by atoms with E-state index in [4.69, 9.17) is 4.74 Å². The molecule has 0 radical (unpaired) electrons. The molecule has 0 saturated heterocycles. The fourth-order valence-corrected chi connectivity index (χ4v) is 2.80. The van der Waals surface area contributed by atoms with Gasteiger partial charge in [0.1, 0.15) is 0 Å². The first-order chi connectivity index (χ1) is 7.29. The second kappa shape index (κ2) is 7.45. The van der Waals surface area contributed by atoms with Gasteiger partial charge < -0.3 is 4.74 Å². The van der Waals surface area contributed by atoms with E-state index < -0.39 is 0 Å². The molecule has 0 fully saturated rings. The lowest BCUT2D eigenvalue weighted by atomic mass is 10.4. The number of esters is 1. The van der Waals surface area contributed by atoms with Gasteiger partial charge in [0.2, 0.25) is 0 Å². The summed E-state index contributed by atoms with van der Waals surface area (Å²) in [5.41, 5.74) is 0. The molecule has 0 spiro atoms. The summed E-state index contributed by atoms with van der Waals surface area (Å²) in [4.78, 5) is 10.5. The molecule has 1 rings (SSSR count). The molecule has 0 N–H and O–H groups in total. The Balaban J connectivity index is 2.15. The summed E-state index contributed by atoms with van der Waals surface area (Å²) in [5.74, 6) is -0.207. The van der Waals surface area contributed by atoms with Crippen LogP contribution in [0, 0.1) is 3.57 Å². The Morgan fingerprint density at radius 2 is 2.13 bits per heavy atom. The molecule has 0 saturated carbocycles. The molecule has 0 aliphatic rings. The summed E-state index contributed by atoms with van der Waals surface area (Å²) in [6.07, 6.45) is 2.90. The number of carbonyl (C=O) groups is 1. The smallest absolute Gasteiger partial charge is 0.349 e. The van der Waals surface area contributed by atoms with Crippen LogP contribution in [-0.2, 0) is 9.53 Å². The van der Waals surface area contributed by atoms with Crippen LogP contribution in [0.2, 0.25) is 0 Å². The lowest BCUT2D eigenvalue weighted by Gasteiger charge is -1.94. The van der Waals surface area contributed by atoms with Crippen LogP contribution in [0.25, 0.3) is 0 Å². The lowest BCUT2D eigenvalue weighted by Crippen LogP contribution is -3.59. The van der Waals surface area contributed by atoms with E-state index in [1.807, 2.05) is 6.07 Å². The second-order valence-corrected chi connectivity index (χ2v) is 5.48. The third-order valence-electron chi connectivity index (χ3n) is 1.60. The third kappa shape index (κ3) is 6.28. The summed E-state index contributed by atoms with van der Waals surface area (Å²) in [7, 11) is 0. The number of hydrogen-bond acceptors (Lipinski definition) is 2. The Morgan fingerprint density at radius 1 is 1.40 bits per heavy atom. The van der Waals surface area contributed by atoms with Gasteiger partial charge in [-0.05, 0) is 18.2 Å². The molecule has 15 heavy (non-hydrogen) atoms. The predicted molar refractivity (Wildman–Crippen MR) is 55.5 cm³/mol. The molecule has 0 aliphatic carbocycles. The van der Waals surface area contributed by atoms with E-state index in [0.717, 1.165) is 6.42 Å². The number of benzene rings is 1. The van der Waals surface area contributed by atoms with Crippen molar-refractivity contribution in [1.29, 1.82) is 0 Å². The summed E-state index contributed by atoms with van der Waals surface area (Å²) in [6, 6.07) is 10.4. The van der Waals surface area contributed by atoms with E-state index >= 15 is 0 Å². The van der Waals surface area contributed by atoms with Crippen LogP contribution in [0.1, 0.15) is 13.3 Å². The number of halogens is 1. The average molecular weight is 317 g/mol. The normalized spacial score (nSPS) is 10.5. The number of hydrogen-bond donors (Lipinski definition) is 0. The molecule has 2 nitrogen and oxygen atoms in total. The molecule has 1 aromatic rings. The first-order valence-electron chi connectivity index (χ1n) is 4.76. The van der Waals surface area contributed by atoms with Gasteiger partial charge in [-0.1, -0.05) is 18.2 Å². The second-order valence-electron chi connectivity index (χ2n) is 2.90. The summed E-state index contributed by atoms with van der Waals surface area (Å²) >= 11 is -0.0279. The van der Waals surface area contributed by atoms with Crippen LogP contribution in [0.15, 0.2) is 40.5 Å². The van der Waals surface area contributed by atoms with Gasteiger partial charge in [0.15, 0.2) is 7.65 Å². The maximum Gasteiger partial charge on any atom is 0.349 e.